The Kier molecular flexibility index (Phi) is 6.49. The summed E-state index contributed by atoms with van der Waals surface area (Å²) >= 11 is 9.49. The number of hydrogen-bond acceptors (Lipinski definition) is 2. The molecule has 1 aromatic carbocycles. The molecule has 0 saturated carbocycles. The smallest absolute Gasteiger partial charge is 0.0665 e. The van der Waals surface area contributed by atoms with Crippen LogP contribution in [0.1, 0.15) is 32.4 Å². The third kappa shape index (κ3) is 4.96. The molecule has 1 aromatic rings. The van der Waals surface area contributed by atoms with Gasteiger partial charge in [-0.15, -0.1) is 0 Å². The Bertz CT molecular complexity index is 357. The summed E-state index contributed by atoms with van der Waals surface area (Å²) in [4.78, 5) is 0. The Labute approximate surface area is 117 Å². The van der Waals surface area contributed by atoms with Crippen LogP contribution in [0.4, 0.5) is 0 Å². The maximum Gasteiger partial charge on any atom is 0.0665 e. The molecule has 1 rings (SSSR count). The van der Waals surface area contributed by atoms with Crippen LogP contribution in [-0.2, 0) is 4.74 Å². The average Bonchev–Trinajstić information content (AvgIpc) is 2.24. The fourth-order valence-corrected chi connectivity index (χ4v) is 2.54. The van der Waals surface area contributed by atoms with Crippen molar-refractivity contribution in [2.45, 2.75) is 32.9 Å². The van der Waals surface area contributed by atoms with E-state index in [0.29, 0.717) is 6.61 Å². The predicted molar refractivity (Wildman–Crippen MR) is 76.7 cm³/mol. The number of ether oxygens (including phenoxy) is 1. The monoisotopic (exact) mass is 319 g/mol. The van der Waals surface area contributed by atoms with Crippen LogP contribution >= 0.6 is 27.5 Å². The molecule has 1 N–H and O–H groups in total. The number of benzene rings is 1. The molecule has 1 atom stereocenters. The Morgan fingerprint density at radius 3 is 2.65 bits per heavy atom. The summed E-state index contributed by atoms with van der Waals surface area (Å²) in [5.41, 5.74) is 1.18. The Balaban J connectivity index is 2.81. The van der Waals surface area contributed by atoms with E-state index in [2.05, 4.69) is 28.2 Å². The summed E-state index contributed by atoms with van der Waals surface area (Å²) in [6.45, 7) is 7.74. The van der Waals surface area contributed by atoms with Gasteiger partial charge in [-0.2, -0.15) is 0 Å². The van der Waals surface area contributed by atoms with Crippen LogP contribution in [0.25, 0.3) is 0 Å². The number of nitrogens with one attached hydrogen (secondary N) is 1. The summed E-state index contributed by atoms with van der Waals surface area (Å²) < 4.78 is 6.70. The first-order chi connectivity index (χ1) is 8.04. The van der Waals surface area contributed by atoms with Crippen molar-refractivity contribution >= 4 is 27.5 Å². The van der Waals surface area contributed by atoms with Gasteiger partial charge in [0, 0.05) is 9.50 Å². The second-order valence-corrected chi connectivity index (χ2v) is 5.45. The molecule has 0 aromatic heterocycles. The predicted octanol–water partition coefficient (Wildman–Crippen LogP) is 4.18. The molecule has 4 heteroatoms. The quantitative estimate of drug-likeness (QED) is 0.849. The molecule has 0 heterocycles. The van der Waals surface area contributed by atoms with E-state index in [0.717, 1.165) is 16.0 Å². The van der Waals surface area contributed by atoms with Gasteiger partial charge in [0.15, 0.2) is 0 Å². The minimum Gasteiger partial charge on any atom is -0.377 e. The lowest BCUT2D eigenvalue weighted by Crippen LogP contribution is -2.27. The van der Waals surface area contributed by atoms with Crippen molar-refractivity contribution in [2.75, 3.05) is 13.2 Å². The fourth-order valence-electron chi connectivity index (χ4n) is 1.58. The lowest BCUT2D eigenvalue weighted by atomic mass is 10.1. The first-order valence-corrected chi connectivity index (χ1v) is 7.01. The summed E-state index contributed by atoms with van der Waals surface area (Å²) in [7, 11) is 0. The van der Waals surface area contributed by atoms with E-state index in [4.69, 9.17) is 16.3 Å². The minimum atomic E-state index is 0.189. The van der Waals surface area contributed by atoms with Gasteiger partial charge >= 0.3 is 0 Å². The molecule has 0 spiro atoms. The lowest BCUT2D eigenvalue weighted by Gasteiger charge is -2.21. The molecular formula is C13H19BrClNO. The Morgan fingerprint density at radius 1 is 1.41 bits per heavy atom. The molecule has 0 bridgehead atoms. The topological polar surface area (TPSA) is 21.3 Å². The van der Waals surface area contributed by atoms with Gasteiger partial charge in [-0.05, 0) is 38.1 Å². The van der Waals surface area contributed by atoms with Crippen molar-refractivity contribution in [3.05, 3.63) is 33.3 Å². The maximum absolute atomic E-state index is 5.94. The Hall–Kier alpha value is -0.0900. The van der Waals surface area contributed by atoms with Crippen molar-refractivity contribution in [1.29, 1.82) is 0 Å². The standard InChI is InChI=1S/C13H19BrClNO/c1-4-16-13(8-17-9(2)3)11-6-5-10(15)7-12(11)14/h5-7,9,13,16H,4,8H2,1-3H3. The average molecular weight is 321 g/mol. The van der Waals surface area contributed by atoms with E-state index in [-0.39, 0.29) is 12.1 Å². The number of hydrogen-bond donors (Lipinski definition) is 1. The first kappa shape index (κ1) is 15.0. The van der Waals surface area contributed by atoms with Gasteiger partial charge in [0.2, 0.25) is 0 Å². The number of rotatable bonds is 6. The second-order valence-electron chi connectivity index (χ2n) is 4.16. The zero-order valence-corrected chi connectivity index (χ0v) is 12.8. The molecule has 0 aliphatic rings. The third-order valence-electron chi connectivity index (χ3n) is 2.38. The lowest BCUT2D eigenvalue weighted by molar-refractivity contribution is 0.0613. The molecule has 96 valence electrons. The van der Waals surface area contributed by atoms with Crippen molar-refractivity contribution in [1.82, 2.24) is 5.32 Å². The molecule has 0 saturated heterocycles. The number of likely N-dealkylation sites (N-methyl/N-ethyl adjacent to an activating group) is 1. The van der Waals surface area contributed by atoms with Crippen LogP contribution in [-0.4, -0.2) is 19.3 Å². The van der Waals surface area contributed by atoms with Gasteiger partial charge in [0.25, 0.3) is 0 Å². The highest BCUT2D eigenvalue weighted by molar-refractivity contribution is 9.10. The van der Waals surface area contributed by atoms with Crippen molar-refractivity contribution in [2.24, 2.45) is 0 Å². The minimum absolute atomic E-state index is 0.189. The molecule has 0 amide bonds. The zero-order valence-electron chi connectivity index (χ0n) is 10.5. The van der Waals surface area contributed by atoms with Gasteiger partial charge < -0.3 is 10.1 Å². The zero-order chi connectivity index (χ0) is 12.8. The molecule has 0 aliphatic heterocycles. The van der Waals surface area contributed by atoms with E-state index in [1.807, 2.05) is 32.0 Å². The van der Waals surface area contributed by atoms with Gasteiger partial charge in [-0.3, -0.25) is 0 Å². The molecule has 1 unspecified atom stereocenters. The fraction of sp³-hybridized carbons (Fsp3) is 0.538. The molecule has 0 radical (unpaired) electrons. The second kappa shape index (κ2) is 7.37. The van der Waals surface area contributed by atoms with Crippen molar-refractivity contribution in [3.8, 4) is 0 Å². The number of halogens is 2. The third-order valence-corrected chi connectivity index (χ3v) is 3.31. The van der Waals surface area contributed by atoms with Crippen LogP contribution < -0.4 is 5.32 Å². The maximum atomic E-state index is 5.94. The van der Waals surface area contributed by atoms with Crippen molar-refractivity contribution < 1.29 is 4.74 Å². The van der Waals surface area contributed by atoms with Crippen molar-refractivity contribution in [3.63, 3.8) is 0 Å². The SMILES string of the molecule is CCNC(COC(C)C)c1ccc(Cl)cc1Br. The molecular weight excluding hydrogens is 302 g/mol. The van der Waals surface area contributed by atoms with Gasteiger partial charge in [0.1, 0.15) is 0 Å². The van der Waals surface area contributed by atoms with Gasteiger partial charge in [-0.25, -0.2) is 0 Å². The highest BCUT2D eigenvalue weighted by Crippen LogP contribution is 2.27. The van der Waals surface area contributed by atoms with Gasteiger partial charge in [0.05, 0.1) is 18.8 Å². The van der Waals surface area contributed by atoms with Crippen LogP contribution in [0, 0.1) is 0 Å². The van der Waals surface area contributed by atoms with E-state index in [9.17, 15) is 0 Å². The van der Waals surface area contributed by atoms with E-state index in [1.54, 1.807) is 0 Å². The van der Waals surface area contributed by atoms with E-state index < -0.39 is 0 Å². The molecule has 2 nitrogen and oxygen atoms in total. The summed E-state index contributed by atoms with van der Waals surface area (Å²) in [5.74, 6) is 0. The van der Waals surface area contributed by atoms with E-state index >= 15 is 0 Å². The van der Waals surface area contributed by atoms with Crippen LogP contribution in [0.5, 0.6) is 0 Å². The van der Waals surface area contributed by atoms with Crippen LogP contribution in [0.2, 0.25) is 5.02 Å². The summed E-state index contributed by atoms with van der Waals surface area (Å²) in [6, 6.07) is 6.04. The summed E-state index contributed by atoms with van der Waals surface area (Å²) in [5, 5.41) is 4.15. The van der Waals surface area contributed by atoms with Crippen LogP contribution in [0.3, 0.4) is 0 Å². The highest BCUT2D eigenvalue weighted by atomic mass is 79.9. The van der Waals surface area contributed by atoms with Gasteiger partial charge in [-0.1, -0.05) is 40.5 Å². The van der Waals surface area contributed by atoms with Crippen LogP contribution in [0.15, 0.2) is 22.7 Å². The van der Waals surface area contributed by atoms with E-state index in [1.165, 1.54) is 5.56 Å². The largest absolute Gasteiger partial charge is 0.377 e. The first-order valence-electron chi connectivity index (χ1n) is 5.84. The Morgan fingerprint density at radius 2 is 2.12 bits per heavy atom. The highest BCUT2D eigenvalue weighted by Gasteiger charge is 2.14. The normalized spacial score (nSPS) is 13.1. The molecule has 0 aliphatic carbocycles. The molecule has 0 fully saturated rings. The summed E-state index contributed by atoms with van der Waals surface area (Å²) in [6.07, 6.45) is 0.238. The molecule has 17 heavy (non-hydrogen) atoms.